The van der Waals surface area contributed by atoms with Gasteiger partial charge in [-0.1, -0.05) is 30.3 Å². The molecule has 0 spiro atoms. The van der Waals surface area contributed by atoms with Gasteiger partial charge in [-0.2, -0.15) is 23.5 Å². The van der Waals surface area contributed by atoms with Crippen LogP contribution in [-0.4, -0.2) is 57.1 Å². The van der Waals surface area contributed by atoms with Crippen molar-refractivity contribution >= 4 is 6.03 Å². The van der Waals surface area contributed by atoms with Gasteiger partial charge >= 0.3 is 17.9 Å². The molecule has 0 aliphatic rings. The Kier molecular flexibility index (Phi) is 8.72. The molecule has 46 heavy (non-hydrogen) atoms. The van der Waals surface area contributed by atoms with Crippen molar-refractivity contribution in [1.29, 1.82) is 5.26 Å². The number of alkyl halides is 3. The minimum atomic E-state index is -4.63. The largest absolute Gasteiger partial charge is 0.416 e. The molecule has 0 unspecified atom stereocenters. The second-order valence-corrected chi connectivity index (χ2v) is 12.0. The van der Waals surface area contributed by atoms with Gasteiger partial charge in [0, 0.05) is 12.1 Å². The Morgan fingerprint density at radius 3 is 2.26 bits per heavy atom. The third kappa shape index (κ3) is 6.79. The van der Waals surface area contributed by atoms with Crippen molar-refractivity contribution in [2.24, 2.45) is 0 Å². The third-order valence-corrected chi connectivity index (χ3v) is 7.42. The molecule has 0 aliphatic carbocycles. The van der Waals surface area contributed by atoms with Crippen molar-refractivity contribution in [1.82, 2.24) is 24.2 Å². The van der Waals surface area contributed by atoms with Crippen LogP contribution in [0.1, 0.15) is 27.9 Å². The lowest BCUT2D eigenvalue weighted by Gasteiger charge is -2.23. The van der Waals surface area contributed by atoms with Gasteiger partial charge in [0.25, 0.3) is 0 Å². The summed E-state index contributed by atoms with van der Waals surface area (Å²) in [6, 6.07) is 22.0. The first-order valence-corrected chi connectivity index (χ1v) is 14.5. The third-order valence-electron chi connectivity index (χ3n) is 7.42. The van der Waals surface area contributed by atoms with E-state index < -0.39 is 23.5 Å². The Morgan fingerprint density at radius 1 is 0.957 bits per heavy atom. The maximum Gasteiger partial charge on any atom is 0.416 e. The summed E-state index contributed by atoms with van der Waals surface area (Å²) in [5, 5.41) is 16.4. The van der Waals surface area contributed by atoms with Gasteiger partial charge in [0.15, 0.2) is 0 Å². The van der Waals surface area contributed by atoms with E-state index in [-0.39, 0.29) is 23.6 Å². The number of aromatic nitrogens is 4. The van der Waals surface area contributed by atoms with E-state index in [0.717, 1.165) is 37.9 Å². The van der Waals surface area contributed by atoms with Gasteiger partial charge in [-0.15, -0.1) is 0 Å². The maximum atomic E-state index is 13.9. The zero-order chi connectivity index (χ0) is 33.2. The fourth-order valence-electron chi connectivity index (χ4n) is 5.34. The van der Waals surface area contributed by atoms with E-state index in [9.17, 15) is 28.0 Å². The molecule has 1 N–H and O–H groups in total. The van der Waals surface area contributed by atoms with Crippen molar-refractivity contribution < 1.29 is 22.4 Å². The summed E-state index contributed by atoms with van der Waals surface area (Å²) >= 11 is 0. The molecule has 2 aromatic heterocycles. The number of nitriles is 1. The van der Waals surface area contributed by atoms with Crippen LogP contribution in [0.5, 0.6) is 0 Å². The molecule has 0 bridgehead atoms. The zero-order valence-corrected chi connectivity index (χ0v) is 25.8. The Labute approximate surface area is 263 Å². The second-order valence-electron chi connectivity index (χ2n) is 12.0. The molecule has 1 amide bonds. The van der Waals surface area contributed by atoms with Crippen LogP contribution in [0.25, 0.3) is 22.8 Å². The maximum absolute atomic E-state index is 13.9. The van der Waals surface area contributed by atoms with E-state index in [1.807, 2.05) is 24.3 Å². The van der Waals surface area contributed by atoms with Gasteiger partial charge in [0.05, 0.1) is 67.3 Å². The smallest absolute Gasteiger partial charge is 0.337 e. The van der Waals surface area contributed by atoms with Gasteiger partial charge in [0.1, 0.15) is 12.2 Å². The normalized spacial score (nSPS) is 11.8. The predicted octanol–water partition coefficient (Wildman–Crippen LogP) is 5.70. The summed E-state index contributed by atoms with van der Waals surface area (Å²) in [6.45, 7) is 2.64. The van der Waals surface area contributed by atoms with Crippen LogP contribution >= 0.6 is 0 Å². The highest BCUT2D eigenvalue weighted by molar-refractivity contribution is 5.83. The highest BCUT2D eigenvalue weighted by Gasteiger charge is 2.32. The standard InChI is InChI=1S/C34H32F3N7O2/c1-23-31(30-17-19-40-43(30)28-14-12-25(21-38)13-15-28)42(33(46)41(23)29-7-5-6-27(20-29)34(35,36)37)32(45)39-18-16-24-8-10-26(11-9-24)22-44(2,3)4/h5-15,17,19-20H,16,18,22H2,1-4H3/p+1. The molecule has 5 rings (SSSR count). The SMILES string of the molecule is Cc1c(-c2ccnn2-c2ccc(C#N)cc2)n(C(=O)NCCc2ccc(C[N+](C)(C)C)cc2)c(=O)n1-c1cccc(C(F)(F)F)c1. The zero-order valence-electron chi connectivity index (χ0n) is 25.8. The van der Waals surface area contributed by atoms with E-state index >= 15 is 0 Å². The molecule has 236 valence electrons. The molecule has 9 nitrogen and oxygen atoms in total. The topological polar surface area (TPSA) is 97.6 Å². The van der Waals surface area contributed by atoms with Crippen LogP contribution in [0.3, 0.4) is 0 Å². The number of carbonyl (C=O) groups is 1. The average Bonchev–Trinajstić information content (AvgIpc) is 3.58. The van der Waals surface area contributed by atoms with Crippen molar-refractivity contribution in [3.05, 3.63) is 123 Å². The molecule has 0 radical (unpaired) electrons. The van der Waals surface area contributed by atoms with Gasteiger partial charge in [-0.3, -0.25) is 4.57 Å². The summed E-state index contributed by atoms with van der Waals surface area (Å²) < 4.78 is 45.1. The minimum absolute atomic E-state index is 0.0384. The molecular weight excluding hydrogens is 595 g/mol. The summed E-state index contributed by atoms with van der Waals surface area (Å²) in [7, 11) is 6.33. The van der Waals surface area contributed by atoms with Gasteiger partial charge in [-0.05, 0) is 67.4 Å². The summed E-state index contributed by atoms with van der Waals surface area (Å²) in [5.74, 6) is 0. The lowest BCUT2D eigenvalue weighted by molar-refractivity contribution is -0.884. The molecule has 0 atom stereocenters. The Balaban J connectivity index is 1.53. The number of nitrogens with one attached hydrogen (secondary N) is 1. The molecule has 5 aromatic rings. The Hall–Kier alpha value is -5.41. The summed E-state index contributed by atoms with van der Waals surface area (Å²) in [4.78, 5) is 27.7. The van der Waals surface area contributed by atoms with Gasteiger partial charge < -0.3 is 9.80 Å². The number of amides is 1. The molecule has 0 aliphatic heterocycles. The quantitative estimate of drug-likeness (QED) is 0.223. The van der Waals surface area contributed by atoms with Gasteiger partial charge in [-0.25, -0.2) is 18.8 Å². The molecule has 0 fully saturated rings. The van der Waals surface area contributed by atoms with E-state index in [0.29, 0.717) is 23.4 Å². The van der Waals surface area contributed by atoms with Crippen LogP contribution < -0.4 is 11.0 Å². The lowest BCUT2D eigenvalue weighted by Crippen LogP contribution is -2.38. The Bertz CT molecular complexity index is 1970. The monoisotopic (exact) mass is 628 g/mol. The fraction of sp³-hybridized carbons (Fsp3) is 0.235. The number of hydrogen-bond acceptors (Lipinski definition) is 4. The van der Waals surface area contributed by atoms with Crippen LogP contribution in [0.15, 0.2) is 89.9 Å². The Morgan fingerprint density at radius 2 is 1.63 bits per heavy atom. The van der Waals surface area contributed by atoms with Crippen molar-refractivity contribution in [2.45, 2.75) is 26.1 Å². The van der Waals surface area contributed by atoms with Crippen LogP contribution in [0.2, 0.25) is 0 Å². The number of imidazole rings is 1. The van der Waals surface area contributed by atoms with Crippen LogP contribution in [0.4, 0.5) is 18.0 Å². The van der Waals surface area contributed by atoms with E-state index in [2.05, 4.69) is 37.6 Å². The predicted molar refractivity (Wildman–Crippen MR) is 168 cm³/mol. The first-order chi connectivity index (χ1) is 21.8. The van der Waals surface area contributed by atoms with Gasteiger partial charge in [0.2, 0.25) is 0 Å². The van der Waals surface area contributed by atoms with Crippen LogP contribution in [-0.2, 0) is 19.1 Å². The second kappa shape index (κ2) is 12.5. The molecule has 0 saturated heterocycles. The number of halogens is 3. The number of hydrogen-bond donors (Lipinski definition) is 1. The molecule has 12 heteroatoms. The number of carbonyl (C=O) groups excluding carboxylic acids is 1. The van der Waals surface area contributed by atoms with E-state index in [1.54, 1.807) is 37.3 Å². The first-order valence-electron chi connectivity index (χ1n) is 14.5. The van der Waals surface area contributed by atoms with Crippen LogP contribution in [0, 0.1) is 18.3 Å². The number of benzene rings is 3. The number of rotatable bonds is 8. The van der Waals surface area contributed by atoms with E-state index in [4.69, 9.17) is 0 Å². The number of quaternary nitrogens is 1. The highest BCUT2D eigenvalue weighted by Crippen LogP contribution is 2.32. The lowest BCUT2D eigenvalue weighted by atomic mass is 10.1. The van der Waals surface area contributed by atoms with Crippen molar-refractivity contribution in [3.63, 3.8) is 0 Å². The molecule has 0 saturated carbocycles. The number of nitrogens with zero attached hydrogens (tertiary/aromatic N) is 6. The van der Waals surface area contributed by atoms with Crippen molar-refractivity contribution in [2.75, 3.05) is 27.7 Å². The average molecular weight is 629 g/mol. The van der Waals surface area contributed by atoms with Crippen molar-refractivity contribution in [3.8, 4) is 28.8 Å². The fourth-order valence-corrected chi connectivity index (χ4v) is 5.34. The summed E-state index contributed by atoms with van der Waals surface area (Å²) in [6.07, 6.45) is -2.64. The molecule has 2 heterocycles. The van der Waals surface area contributed by atoms with E-state index in [1.165, 1.54) is 28.6 Å². The molecule has 3 aromatic carbocycles. The highest BCUT2D eigenvalue weighted by atomic mass is 19.4. The first kappa shape index (κ1) is 32.0. The summed E-state index contributed by atoms with van der Waals surface area (Å²) in [5.41, 5.74) is 2.12. The molecular formula is C34H33F3N7O2+. The minimum Gasteiger partial charge on any atom is -0.337 e.